The lowest BCUT2D eigenvalue weighted by Gasteiger charge is -2.29. The van der Waals surface area contributed by atoms with Crippen LogP contribution in [-0.4, -0.2) is 51.9 Å². The zero-order valence-electron chi connectivity index (χ0n) is 22.3. The smallest absolute Gasteiger partial charge is 0.271 e. The molecule has 0 bridgehead atoms. The average molecular weight is 523 g/mol. The van der Waals surface area contributed by atoms with E-state index in [1.54, 1.807) is 17.7 Å². The maximum absolute atomic E-state index is 13.7. The molecule has 2 aromatic carbocycles. The molecule has 198 valence electrons. The Morgan fingerprint density at radius 3 is 2.51 bits per heavy atom. The molecule has 0 aliphatic carbocycles. The fraction of sp³-hybridized carbons (Fsp3) is 0.290. The van der Waals surface area contributed by atoms with Crippen LogP contribution >= 0.6 is 0 Å². The molecule has 5 rings (SSSR count). The Morgan fingerprint density at radius 1 is 1.13 bits per heavy atom. The number of imide groups is 1. The van der Waals surface area contributed by atoms with Crippen LogP contribution in [-0.2, 0) is 14.3 Å². The van der Waals surface area contributed by atoms with E-state index in [-0.39, 0.29) is 29.9 Å². The van der Waals surface area contributed by atoms with Crippen molar-refractivity contribution in [3.8, 4) is 28.8 Å². The zero-order valence-corrected chi connectivity index (χ0v) is 22.3. The van der Waals surface area contributed by atoms with E-state index in [1.807, 2.05) is 80.7 Å². The summed E-state index contributed by atoms with van der Waals surface area (Å²) in [7, 11) is 0. The molecule has 3 heterocycles. The number of hydrogen-bond donors (Lipinski definition) is 0. The van der Waals surface area contributed by atoms with Crippen molar-refractivity contribution in [2.75, 3.05) is 13.2 Å². The maximum Gasteiger partial charge on any atom is 0.271 e. The number of hydrogen-bond acceptors (Lipinski definition) is 6. The summed E-state index contributed by atoms with van der Waals surface area (Å²) in [5.41, 5.74) is 3.65. The van der Waals surface area contributed by atoms with Crippen LogP contribution in [0, 0.1) is 11.3 Å². The predicted molar refractivity (Wildman–Crippen MR) is 147 cm³/mol. The van der Waals surface area contributed by atoms with Crippen molar-refractivity contribution in [1.29, 1.82) is 5.26 Å². The first kappa shape index (κ1) is 26.1. The van der Waals surface area contributed by atoms with Gasteiger partial charge in [0.2, 0.25) is 0 Å². The van der Waals surface area contributed by atoms with Crippen LogP contribution in [0.15, 0.2) is 77.5 Å². The maximum atomic E-state index is 13.7. The molecule has 0 saturated carbocycles. The molecule has 1 saturated heterocycles. The Bertz CT molecular complexity index is 1490. The highest BCUT2D eigenvalue weighted by Gasteiger charge is 2.37. The van der Waals surface area contributed by atoms with E-state index < -0.39 is 11.8 Å². The Hall–Kier alpha value is -4.48. The standard InChI is InChI=1S/C31H30N4O4/c1-20(2)39-25-13-11-22(12-14-25)29-23(18-35(33-29)24-8-5-4-6-9-24)16-27-21(3)28(17-32)31(37)34(30(27)36)19-26-10-7-15-38-26/h4-6,8-9,11-14,16,18,20,26H,7,10,15,19H2,1-3H3/b27-16+. The van der Waals surface area contributed by atoms with Gasteiger partial charge in [-0.2, -0.15) is 10.4 Å². The highest BCUT2D eigenvalue weighted by molar-refractivity contribution is 6.19. The summed E-state index contributed by atoms with van der Waals surface area (Å²) in [6, 6.07) is 19.3. The normalized spacial score (nSPS) is 18.8. The number of amides is 2. The van der Waals surface area contributed by atoms with Crippen molar-refractivity contribution in [2.45, 2.75) is 45.8 Å². The molecule has 1 fully saturated rings. The van der Waals surface area contributed by atoms with Crippen LogP contribution in [0.1, 0.15) is 39.2 Å². The van der Waals surface area contributed by atoms with Crippen LogP contribution in [0.25, 0.3) is 23.0 Å². The molecule has 1 aromatic heterocycles. The van der Waals surface area contributed by atoms with Crippen LogP contribution in [0.5, 0.6) is 5.75 Å². The van der Waals surface area contributed by atoms with E-state index >= 15 is 0 Å². The lowest BCUT2D eigenvalue weighted by molar-refractivity contribution is -0.142. The van der Waals surface area contributed by atoms with Crippen molar-refractivity contribution in [3.05, 3.63) is 83.1 Å². The van der Waals surface area contributed by atoms with E-state index in [2.05, 4.69) is 0 Å². The van der Waals surface area contributed by atoms with Gasteiger partial charge < -0.3 is 9.47 Å². The number of nitrogens with zero attached hydrogens (tertiary/aromatic N) is 4. The van der Waals surface area contributed by atoms with Crippen LogP contribution in [0.3, 0.4) is 0 Å². The lowest BCUT2D eigenvalue weighted by Crippen LogP contribution is -2.46. The fourth-order valence-electron chi connectivity index (χ4n) is 4.84. The van der Waals surface area contributed by atoms with Crippen LogP contribution in [0.2, 0.25) is 0 Å². The number of para-hydroxylation sites is 1. The second-order valence-electron chi connectivity index (χ2n) is 9.93. The Labute approximate surface area is 227 Å². The minimum Gasteiger partial charge on any atom is -0.491 e. The quantitative estimate of drug-likeness (QED) is 0.316. The van der Waals surface area contributed by atoms with Crippen molar-refractivity contribution in [3.63, 3.8) is 0 Å². The summed E-state index contributed by atoms with van der Waals surface area (Å²) in [6.07, 6.45) is 5.06. The second kappa shape index (κ2) is 11.1. The number of carbonyl (C=O) groups excluding carboxylic acids is 2. The van der Waals surface area contributed by atoms with Gasteiger partial charge >= 0.3 is 0 Å². The van der Waals surface area contributed by atoms with Gasteiger partial charge in [0.25, 0.3) is 11.8 Å². The molecule has 39 heavy (non-hydrogen) atoms. The summed E-state index contributed by atoms with van der Waals surface area (Å²) >= 11 is 0. The minimum atomic E-state index is -0.575. The summed E-state index contributed by atoms with van der Waals surface area (Å²) in [5, 5.41) is 14.7. The van der Waals surface area contributed by atoms with Gasteiger partial charge in [-0.1, -0.05) is 18.2 Å². The van der Waals surface area contributed by atoms with Crippen molar-refractivity contribution < 1.29 is 19.1 Å². The van der Waals surface area contributed by atoms with Crippen LogP contribution in [0.4, 0.5) is 0 Å². The van der Waals surface area contributed by atoms with Gasteiger partial charge in [-0.15, -0.1) is 0 Å². The van der Waals surface area contributed by atoms with Gasteiger partial charge in [0.05, 0.1) is 30.1 Å². The Balaban J connectivity index is 1.60. The number of benzene rings is 2. The number of rotatable bonds is 7. The number of aromatic nitrogens is 2. The van der Waals surface area contributed by atoms with Gasteiger partial charge in [-0.25, -0.2) is 4.68 Å². The first-order valence-electron chi connectivity index (χ1n) is 13.1. The van der Waals surface area contributed by atoms with Crippen molar-refractivity contribution >= 4 is 17.9 Å². The summed E-state index contributed by atoms with van der Waals surface area (Å²) < 4.78 is 13.2. The predicted octanol–water partition coefficient (Wildman–Crippen LogP) is 5.10. The molecule has 3 aromatic rings. The molecule has 0 N–H and O–H groups in total. The second-order valence-corrected chi connectivity index (χ2v) is 9.93. The third kappa shape index (κ3) is 5.40. The summed E-state index contributed by atoms with van der Waals surface area (Å²) in [6.45, 7) is 6.31. The Kier molecular flexibility index (Phi) is 7.44. The Morgan fingerprint density at radius 2 is 1.87 bits per heavy atom. The van der Waals surface area contributed by atoms with E-state index in [1.165, 1.54) is 0 Å². The largest absolute Gasteiger partial charge is 0.491 e. The van der Waals surface area contributed by atoms with Gasteiger partial charge in [-0.3, -0.25) is 14.5 Å². The van der Waals surface area contributed by atoms with Gasteiger partial charge in [-0.05, 0) is 81.7 Å². The number of carbonyl (C=O) groups is 2. The molecule has 2 amide bonds. The van der Waals surface area contributed by atoms with E-state index in [0.29, 0.717) is 23.4 Å². The monoisotopic (exact) mass is 522 g/mol. The summed E-state index contributed by atoms with van der Waals surface area (Å²) in [4.78, 5) is 27.9. The van der Waals surface area contributed by atoms with Crippen LogP contribution < -0.4 is 4.74 Å². The molecule has 0 spiro atoms. The fourth-order valence-corrected chi connectivity index (χ4v) is 4.84. The SMILES string of the molecule is CC1=C(C#N)C(=O)N(CC2CCCO2)C(=O)/C1=C/c1cn(-c2ccccc2)nc1-c1ccc(OC(C)C)cc1. The molecule has 8 heteroatoms. The first-order chi connectivity index (χ1) is 18.9. The van der Waals surface area contributed by atoms with Gasteiger partial charge in [0.15, 0.2) is 0 Å². The molecular weight excluding hydrogens is 492 g/mol. The third-order valence-electron chi connectivity index (χ3n) is 6.80. The molecule has 0 radical (unpaired) electrons. The van der Waals surface area contributed by atoms with Gasteiger partial charge in [0.1, 0.15) is 17.4 Å². The van der Waals surface area contributed by atoms with Crippen molar-refractivity contribution in [2.24, 2.45) is 0 Å². The van der Waals surface area contributed by atoms with Crippen molar-refractivity contribution in [1.82, 2.24) is 14.7 Å². The molecule has 2 aliphatic rings. The van der Waals surface area contributed by atoms with E-state index in [4.69, 9.17) is 14.6 Å². The molecule has 1 atom stereocenters. The van der Waals surface area contributed by atoms with Gasteiger partial charge in [0, 0.05) is 29.5 Å². The molecule has 2 aliphatic heterocycles. The number of nitriles is 1. The highest BCUT2D eigenvalue weighted by atomic mass is 16.5. The first-order valence-corrected chi connectivity index (χ1v) is 13.1. The van der Waals surface area contributed by atoms with E-state index in [0.717, 1.165) is 34.7 Å². The molecule has 1 unspecified atom stereocenters. The molecular formula is C31H30N4O4. The third-order valence-corrected chi connectivity index (χ3v) is 6.80. The zero-order chi connectivity index (χ0) is 27.5. The molecule has 8 nitrogen and oxygen atoms in total. The average Bonchev–Trinajstić information content (AvgIpc) is 3.60. The number of ether oxygens (including phenoxy) is 2. The highest BCUT2D eigenvalue weighted by Crippen LogP contribution is 2.32. The lowest BCUT2D eigenvalue weighted by atomic mass is 9.93. The topological polar surface area (TPSA) is 97.5 Å². The minimum absolute atomic E-state index is 0.0361. The summed E-state index contributed by atoms with van der Waals surface area (Å²) in [5.74, 6) is -0.265. The van der Waals surface area contributed by atoms with E-state index in [9.17, 15) is 14.9 Å².